The van der Waals surface area contributed by atoms with Gasteiger partial charge >= 0.3 is 12.0 Å². The molecule has 3 aromatic rings. The lowest BCUT2D eigenvalue weighted by Gasteiger charge is -2.45. The van der Waals surface area contributed by atoms with Crippen molar-refractivity contribution in [1.82, 2.24) is 9.47 Å². The molecule has 36 heavy (non-hydrogen) atoms. The number of halogens is 2. The number of rotatable bonds is 5. The van der Waals surface area contributed by atoms with Crippen molar-refractivity contribution in [3.8, 4) is 5.75 Å². The number of aromatic nitrogens is 1. The van der Waals surface area contributed by atoms with E-state index in [1.165, 1.54) is 10.8 Å². The molecule has 0 spiro atoms. The number of anilines is 1. The molecule has 1 saturated carbocycles. The van der Waals surface area contributed by atoms with Gasteiger partial charge in [-0.05, 0) is 39.7 Å². The van der Waals surface area contributed by atoms with Gasteiger partial charge in [0.2, 0.25) is 5.43 Å². The van der Waals surface area contributed by atoms with Gasteiger partial charge in [-0.1, -0.05) is 0 Å². The molecule has 1 aliphatic carbocycles. The molecule has 2 aromatic heterocycles. The van der Waals surface area contributed by atoms with Crippen LogP contribution in [0.15, 0.2) is 30.7 Å². The van der Waals surface area contributed by atoms with E-state index in [1.807, 2.05) is 13.8 Å². The minimum atomic E-state index is -1.68. The summed E-state index contributed by atoms with van der Waals surface area (Å²) in [5.41, 5.74) is -1.21. The first-order valence-electron chi connectivity index (χ1n) is 11.6. The Morgan fingerprint density at radius 2 is 1.83 bits per heavy atom. The van der Waals surface area contributed by atoms with Crippen LogP contribution in [0.5, 0.6) is 5.75 Å². The van der Waals surface area contributed by atoms with Gasteiger partial charge in [-0.3, -0.25) is 9.69 Å². The normalized spacial score (nSPS) is 20.8. The number of carboxylic acid groups (broad SMARTS) is 1. The lowest BCUT2D eigenvalue weighted by molar-refractivity contribution is 0.112. The second kappa shape index (κ2) is 8.77. The molecule has 3 heterocycles. The smallest absolute Gasteiger partial charge is 0.449 e. The Bertz CT molecular complexity index is 1460. The van der Waals surface area contributed by atoms with Gasteiger partial charge < -0.3 is 28.1 Å². The highest BCUT2D eigenvalue weighted by atomic mass is 19.1. The van der Waals surface area contributed by atoms with Gasteiger partial charge in [0, 0.05) is 31.2 Å². The molecule has 1 N–H and O–H groups in total. The van der Waals surface area contributed by atoms with Crippen LogP contribution in [0.3, 0.4) is 0 Å². The summed E-state index contributed by atoms with van der Waals surface area (Å²) in [5.74, 6) is -2.27. The molecule has 2 atom stereocenters. The van der Waals surface area contributed by atoms with Gasteiger partial charge in [0.05, 0.1) is 23.6 Å². The lowest BCUT2D eigenvalue weighted by atomic mass is 10.0. The topological polar surface area (TPSA) is 118 Å². The summed E-state index contributed by atoms with van der Waals surface area (Å²) in [4.78, 5) is 38.9. The molecular formula is C24H25F2N3O7. The van der Waals surface area contributed by atoms with Gasteiger partial charge in [-0.25, -0.2) is 18.4 Å². The Balaban J connectivity index is 1.53. The van der Waals surface area contributed by atoms with Gasteiger partial charge in [0.1, 0.15) is 17.3 Å². The number of nitrogens with zero attached hydrogens (tertiary/aromatic N) is 3. The predicted molar refractivity (Wildman–Crippen MR) is 124 cm³/mol. The number of hydrogen-bond acceptors (Lipinski definition) is 8. The summed E-state index contributed by atoms with van der Waals surface area (Å²) in [6.07, 6.45) is 0.933. The zero-order valence-corrected chi connectivity index (χ0v) is 19.9. The molecule has 192 valence electrons. The third-order valence-electron chi connectivity index (χ3n) is 6.87. The van der Waals surface area contributed by atoms with Crippen molar-refractivity contribution in [3.63, 3.8) is 0 Å². The standard InChI is InChI=1S/C24H25F2N3O7/c1-11-7-27(8-12(2)28(11)9-17-13(3)34-24(33)36-17)21-16(25)6-15-20(19(21)26)29(14-4-5-14)10-18(22(15)30)35-23(31)32/h6,10-12,14H,4-5,7-9H2,1-3H3,(H,31,32). The van der Waals surface area contributed by atoms with E-state index in [4.69, 9.17) is 13.9 Å². The number of carbonyl (C=O) groups is 1. The number of piperazine rings is 1. The molecule has 10 nitrogen and oxygen atoms in total. The first-order chi connectivity index (χ1) is 17.0. The Morgan fingerprint density at radius 1 is 1.17 bits per heavy atom. The van der Waals surface area contributed by atoms with Crippen LogP contribution in [-0.4, -0.2) is 45.9 Å². The lowest BCUT2D eigenvalue weighted by Crippen LogP contribution is -2.56. The van der Waals surface area contributed by atoms with E-state index < -0.39 is 34.8 Å². The Morgan fingerprint density at radius 3 is 2.39 bits per heavy atom. The minimum absolute atomic E-state index is 0.0739. The first-order valence-corrected chi connectivity index (χ1v) is 11.6. The second-order valence-corrected chi connectivity index (χ2v) is 9.45. The molecule has 0 bridgehead atoms. The number of benzene rings is 1. The van der Waals surface area contributed by atoms with E-state index in [0.717, 1.165) is 6.07 Å². The summed E-state index contributed by atoms with van der Waals surface area (Å²) in [6.45, 7) is 6.31. The van der Waals surface area contributed by atoms with Crippen LogP contribution in [0.2, 0.25) is 0 Å². The van der Waals surface area contributed by atoms with Crippen molar-refractivity contribution in [2.75, 3.05) is 18.0 Å². The third kappa shape index (κ3) is 4.15. The molecule has 0 radical (unpaired) electrons. The Kier molecular flexibility index (Phi) is 5.86. The molecule has 1 saturated heterocycles. The van der Waals surface area contributed by atoms with Gasteiger partial charge in [0.25, 0.3) is 0 Å². The van der Waals surface area contributed by atoms with Crippen LogP contribution < -0.4 is 20.9 Å². The molecule has 2 unspecified atom stereocenters. The quantitative estimate of drug-likeness (QED) is 0.519. The van der Waals surface area contributed by atoms with Gasteiger partial charge in [-0.2, -0.15) is 0 Å². The van der Waals surface area contributed by atoms with Gasteiger partial charge in [-0.15, -0.1) is 0 Å². The average molecular weight is 505 g/mol. The van der Waals surface area contributed by atoms with Crippen molar-refractivity contribution in [3.05, 3.63) is 56.3 Å². The maximum atomic E-state index is 16.0. The highest BCUT2D eigenvalue weighted by Crippen LogP contribution is 2.40. The number of aryl methyl sites for hydroxylation is 1. The summed E-state index contributed by atoms with van der Waals surface area (Å²) >= 11 is 0. The zero-order valence-electron chi connectivity index (χ0n) is 19.9. The van der Waals surface area contributed by atoms with E-state index >= 15 is 8.78 Å². The van der Waals surface area contributed by atoms with Crippen LogP contribution in [-0.2, 0) is 6.54 Å². The zero-order chi connectivity index (χ0) is 25.9. The minimum Gasteiger partial charge on any atom is -0.449 e. The second-order valence-electron chi connectivity index (χ2n) is 9.45. The number of ether oxygens (including phenoxy) is 1. The average Bonchev–Trinajstić information content (AvgIpc) is 3.57. The monoisotopic (exact) mass is 505 g/mol. The van der Waals surface area contributed by atoms with Crippen LogP contribution in [0, 0.1) is 18.6 Å². The number of hydrogen-bond donors (Lipinski definition) is 1. The molecule has 0 amide bonds. The van der Waals surface area contributed by atoms with Crippen LogP contribution in [0.25, 0.3) is 10.9 Å². The fourth-order valence-corrected chi connectivity index (χ4v) is 5.04. The van der Waals surface area contributed by atoms with Crippen LogP contribution >= 0.6 is 0 Å². The molecule has 1 aliphatic heterocycles. The molecule has 2 aliphatic rings. The van der Waals surface area contributed by atoms with E-state index in [-0.39, 0.29) is 47.8 Å². The van der Waals surface area contributed by atoms with Crippen LogP contribution in [0.4, 0.5) is 19.3 Å². The van der Waals surface area contributed by atoms with E-state index in [1.54, 1.807) is 11.8 Å². The van der Waals surface area contributed by atoms with E-state index in [2.05, 4.69) is 9.64 Å². The van der Waals surface area contributed by atoms with Crippen molar-refractivity contribution in [2.45, 2.75) is 58.3 Å². The Hall–Kier alpha value is -3.67. The fraction of sp³-hybridized carbons (Fsp3) is 0.458. The highest BCUT2D eigenvalue weighted by Gasteiger charge is 2.35. The summed E-state index contributed by atoms with van der Waals surface area (Å²) in [7, 11) is 0. The van der Waals surface area contributed by atoms with Crippen LogP contribution in [0.1, 0.15) is 44.3 Å². The SMILES string of the molecule is Cc1oc(=O)oc1CN1C(C)CN(c2c(F)cc3c(=O)c(OC(=O)O)cn(C4CC4)c3c2F)CC1C. The largest absolute Gasteiger partial charge is 0.519 e. The van der Waals surface area contributed by atoms with Gasteiger partial charge in [0.15, 0.2) is 17.3 Å². The molecule has 2 fully saturated rings. The molecule has 12 heteroatoms. The van der Waals surface area contributed by atoms with E-state index in [9.17, 15) is 14.4 Å². The predicted octanol–water partition coefficient (Wildman–Crippen LogP) is 3.63. The number of pyridine rings is 1. The van der Waals surface area contributed by atoms with E-state index in [0.29, 0.717) is 30.9 Å². The summed E-state index contributed by atoms with van der Waals surface area (Å²) < 4.78 is 47.5. The van der Waals surface area contributed by atoms with Crippen molar-refractivity contribution >= 4 is 22.7 Å². The molecule has 1 aromatic carbocycles. The summed E-state index contributed by atoms with van der Waals surface area (Å²) in [5, 5.41) is 8.68. The fourth-order valence-electron chi connectivity index (χ4n) is 5.04. The molecular weight excluding hydrogens is 480 g/mol. The number of fused-ring (bicyclic) bond motifs is 1. The maximum absolute atomic E-state index is 16.0. The van der Waals surface area contributed by atoms with Crippen molar-refractivity contribution < 1.29 is 32.3 Å². The first kappa shape index (κ1) is 24.0. The summed E-state index contributed by atoms with van der Waals surface area (Å²) in [6, 6.07) is 0.480. The third-order valence-corrected chi connectivity index (χ3v) is 6.87. The molecule has 5 rings (SSSR count). The van der Waals surface area contributed by atoms with Crippen molar-refractivity contribution in [1.29, 1.82) is 0 Å². The highest BCUT2D eigenvalue weighted by molar-refractivity contribution is 5.86. The Labute approximate surface area is 203 Å². The van der Waals surface area contributed by atoms with Crippen molar-refractivity contribution in [2.24, 2.45) is 0 Å². The maximum Gasteiger partial charge on any atom is 0.519 e.